The van der Waals surface area contributed by atoms with Crippen LogP contribution in [0.25, 0.3) is 10.9 Å². The van der Waals surface area contributed by atoms with Gasteiger partial charge in [0.25, 0.3) is 0 Å². The van der Waals surface area contributed by atoms with Crippen molar-refractivity contribution in [3.05, 3.63) is 47.3 Å². The molecule has 0 unspecified atom stereocenters. The lowest BCUT2D eigenvalue weighted by Crippen LogP contribution is -2.37. The number of carbonyl (C=O) groups excluding carboxylic acids is 1. The van der Waals surface area contributed by atoms with Gasteiger partial charge in [0.2, 0.25) is 0 Å². The Balaban J connectivity index is 1.43. The molecule has 0 radical (unpaired) electrons. The van der Waals surface area contributed by atoms with Gasteiger partial charge in [-0.25, -0.2) is 9.78 Å². The minimum atomic E-state index is -0.0178. The minimum Gasteiger partial charge on any atom is -0.486 e. The lowest BCUT2D eigenvalue weighted by atomic mass is 10.2. The number of hydrogen-bond donors (Lipinski definition) is 2. The predicted octanol–water partition coefficient (Wildman–Crippen LogP) is 3.69. The van der Waals surface area contributed by atoms with Crippen molar-refractivity contribution in [1.82, 2.24) is 20.2 Å². The summed E-state index contributed by atoms with van der Waals surface area (Å²) in [7, 11) is 0. The molecule has 0 aliphatic carbocycles. The Hall–Kier alpha value is -2.67. The number of nitrogens with zero attached hydrogens (tertiary/aromatic N) is 2. The molecule has 1 aromatic carbocycles. The van der Waals surface area contributed by atoms with Gasteiger partial charge in [-0.3, -0.25) is 0 Å². The summed E-state index contributed by atoms with van der Waals surface area (Å²) in [6.45, 7) is 2.39. The number of likely N-dealkylation sites (tertiary alicyclic amines) is 1. The fourth-order valence-corrected chi connectivity index (χ4v) is 3.29. The van der Waals surface area contributed by atoms with Crippen LogP contribution in [0, 0.1) is 0 Å². The van der Waals surface area contributed by atoms with Crippen LogP contribution in [0.15, 0.2) is 35.3 Å². The maximum absolute atomic E-state index is 12.1. The summed E-state index contributed by atoms with van der Waals surface area (Å²) in [4.78, 5) is 21.2. The first-order chi connectivity index (χ1) is 12.7. The second kappa shape index (κ2) is 7.29. The Labute approximate surface area is 155 Å². The fourth-order valence-electron chi connectivity index (χ4n) is 3.06. The van der Waals surface area contributed by atoms with Crippen molar-refractivity contribution in [2.24, 2.45) is 0 Å². The number of nitrogens with one attached hydrogen (secondary N) is 2. The first kappa shape index (κ1) is 16.8. The van der Waals surface area contributed by atoms with Crippen molar-refractivity contribution < 1.29 is 13.9 Å². The number of hydrogen-bond acceptors (Lipinski definition) is 4. The number of rotatable bonds is 5. The van der Waals surface area contributed by atoms with Gasteiger partial charge in [0.15, 0.2) is 6.39 Å². The maximum Gasteiger partial charge on any atom is 0.317 e. The number of benzene rings is 1. The van der Waals surface area contributed by atoms with Gasteiger partial charge in [0, 0.05) is 35.8 Å². The van der Waals surface area contributed by atoms with Crippen LogP contribution in [-0.2, 0) is 13.2 Å². The molecule has 0 saturated carbocycles. The molecule has 3 aromatic rings. The van der Waals surface area contributed by atoms with Crippen molar-refractivity contribution >= 4 is 28.5 Å². The third kappa shape index (κ3) is 3.62. The number of oxazole rings is 1. The van der Waals surface area contributed by atoms with Crippen LogP contribution in [0.3, 0.4) is 0 Å². The summed E-state index contributed by atoms with van der Waals surface area (Å²) < 4.78 is 10.6. The Morgan fingerprint density at radius 2 is 2.19 bits per heavy atom. The molecule has 4 rings (SSSR count). The number of H-pyrrole nitrogens is 1. The van der Waals surface area contributed by atoms with Crippen molar-refractivity contribution in [1.29, 1.82) is 0 Å². The highest BCUT2D eigenvalue weighted by Gasteiger charge is 2.17. The van der Waals surface area contributed by atoms with E-state index in [4.69, 9.17) is 20.8 Å². The fraction of sp³-hybridized carbons (Fsp3) is 0.333. The average Bonchev–Trinajstić information content (AvgIpc) is 3.38. The lowest BCUT2D eigenvalue weighted by molar-refractivity contribution is 0.208. The van der Waals surface area contributed by atoms with Gasteiger partial charge < -0.3 is 24.4 Å². The van der Waals surface area contributed by atoms with E-state index in [0.717, 1.165) is 42.5 Å². The van der Waals surface area contributed by atoms with E-state index in [1.54, 1.807) is 0 Å². The number of aromatic nitrogens is 2. The van der Waals surface area contributed by atoms with Crippen LogP contribution in [-0.4, -0.2) is 34.0 Å². The summed E-state index contributed by atoms with van der Waals surface area (Å²) in [6.07, 6.45) is 5.05. The Morgan fingerprint density at radius 3 is 2.96 bits per heavy atom. The molecule has 1 aliphatic rings. The van der Waals surface area contributed by atoms with Crippen LogP contribution < -0.4 is 10.1 Å². The summed E-state index contributed by atoms with van der Waals surface area (Å²) >= 11 is 6.31. The third-order valence-electron chi connectivity index (χ3n) is 4.41. The zero-order valence-electron chi connectivity index (χ0n) is 14.1. The monoisotopic (exact) mass is 374 g/mol. The van der Waals surface area contributed by atoms with Crippen molar-refractivity contribution in [2.45, 2.75) is 26.0 Å². The summed E-state index contributed by atoms with van der Waals surface area (Å²) in [5.74, 6) is 0.566. The molecule has 0 atom stereocenters. The first-order valence-electron chi connectivity index (χ1n) is 8.53. The molecule has 3 heterocycles. The molecule has 2 N–H and O–H groups in total. The highest BCUT2D eigenvalue weighted by molar-refractivity contribution is 6.32. The molecule has 1 fully saturated rings. The molecule has 0 bridgehead atoms. The smallest absolute Gasteiger partial charge is 0.317 e. The van der Waals surface area contributed by atoms with E-state index in [1.165, 1.54) is 12.7 Å². The van der Waals surface area contributed by atoms with Gasteiger partial charge in [0.05, 0.1) is 11.6 Å². The van der Waals surface area contributed by atoms with Crippen LogP contribution in [0.5, 0.6) is 5.75 Å². The van der Waals surface area contributed by atoms with Crippen LogP contribution in [0.2, 0.25) is 5.02 Å². The summed E-state index contributed by atoms with van der Waals surface area (Å²) in [5.41, 5.74) is 2.50. The van der Waals surface area contributed by atoms with Crippen LogP contribution >= 0.6 is 11.6 Å². The quantitative estimate of drug-likeness (QED) is 0.713. The van der Waals surface area contributed by atoms with Crippen molar-refractivity contribution in [3.63, 3.8) is 0 Å². The van der Waals surface area contributed by atoms with E-state index in [-0.39, 0.29) is 12.6 Å². The van der Waals surface area contributed by atoms with E-state index in [0.29, 0.717) is 23.0 Å². The van der Waals surface area contributed by atoms with E-state index in [9.17, 15) is 4.79 Å². The first-order valence-corrected chi connectivity index (χ1v) is 8.90. The highest BCUT2D eigenvalue weighted by Crippen LogP contribution is 2.31. The molecule has 7 nitrogen and oxygen atoms in total. The van der Waals surface area contributed by atoms with Gasteiger partial charge in [-0.2, -0.15) is 0 Å². The van der Waals surface area contributed by atoms with E-state index in [1.807, 2.05) is 23.1 Å². The number of amides is 2. The second-order valence-electron chi connectivity index (χ2n) is 6.29. The molecule has 0 spiro atoms. The zero-order chi connectivity index (χ0) is 17.9. The Bertz CT molecular complexity index is 901. The van der Waals surface area contributed by atoms with E-state index >= 15 is 0 Å². The molecule has 26 heavy (non-hydrogen) atoms. The molecular weight excluding hydrogens is 356 g/mol. The maximum atomic E-state index is 12.1. The zero-order valence-corrected chi connectivity index (χ0v) is 14.9. The molecule has 136 valence electrons. The topological polar surface area (TPSA) is 83.4 Å². The molecule has 1 aliphatic heterocycles. The Kier molecular flexibility index (Phi) is 4.71. The number of fused-ring (bicyclic) bond motifs is 1. The lowest BCUT2D eigenvalue weighted by Gasteiger charge is -2.15. The standard InChI is InChI=1S/C18H19ClN4O3/c19-15-6-12-5-13(8-20-18(24)23-3-1-2-4-23)22-16(12)7-17(15)26-10-14-9-25-11-21-14/h5-7,9,11,22H,1-4,8,10H2,(H,20,24). The number of ether oxygens (including phenoxy) is 1. The Morgan fingerprint density at radius 1 is 1.35 bits per heavy atom. The molecular formula is C18H19ClN4O3. The summed E-state index contributed by atoms with van der Waals surface area (Å²) in [5, 5.41) is 4.44. The molecule has 1 saturated heterocycles. The second-order valence-corrected chi connectivity index (χ2v) is 6.69. The van der Waals surface area contributed by atoms with Crippen LogP contribution in [0.4, 0.5) is 4.79 Å². The molecule has 2 amide bonds. The molecule has 2 aromatic heterocycles. The summed E-state index contributed by atoms with van der Waals surface area (Å²) in [6, 6.07) is 5.66. The predicted molar refractivity (Wildman–Crippen MR) is 97.2 cm³/mol. The minimum absolute atomic E-state index is 0.0178. The molecule has 8 heteroatoms. The van der Waals surface area contributed by atoms with E-state index < -0.39 is 0 Å². The average molecular weight is 375 g/mol. The van der Waals surface area contributed by atoms with Gasteiger partial charge in [-0.15, -0.1) is 0 Å². The largest absolute Gasteiger partial charge is 0.486 e. The normalized spacial score (nSPS) is 14.1. The van der Waals surface area contributed by atoms with Gasteiger partial charge >= 0.3 is 6.03 Å². The highest BCUT2D eigenvalue weighted by atomic mass is 35.5. The van der Waals surface area contributed by atoms with Gasteiger partial charge in [-0.05, 0) is 25.0 Å². The van der Waals surface area contributed by atoms with Gasteiger partial charge in [-0.1, -0.05) is 11.6 Å². The number of urea groups is 1. The van der Waals surface area contributed by atoms with Crippen LogP contribution in [0.1, 0.15) is 24.2 Å². The number of halogens is 1. The number of carbonyl (C=O) groups is 1. The van der Waals surface area contributed by atoms with Crippen molar-refractivity contribution in [2.75, 3.05) is 13.1 Å². The van der Waals surface area contributed by atoms with Crippen molar-refractivity contribution in [3.8, 4) is 5.75 Å². The third-order valence-corrected chi connectivity index (χ3v) is 4.71. The van der Waals surface area contributed by atoms with E-state index in [2.05, 4.69) is 15.3 Å². The SMILES string of the molecule is O=C(NCc1cc2cc(Cl)c(OCc3cocn3)cc2[nH]1)N1CCCC1. The number of aromatic amines is 1. The van der Waals surface area contributed by atoms with Gasteiger partial charge in [0.1, 0.15) is 24.3 Å².